The molecule has 0 spiro atoms. The number of aliphatic hydroxyl groups is 1. The zero-order valence-corrected chi connectivity index (χ0v) is 11.3. The van der Waals surface area contributed by atoms with E-state index >= 15 is 0 Å². The predicted octanol–water partition coefficient (Wildman–Crippen LogP) is 1.85. The Morgan fingerprint density at radius 3 is 2.12 bits per heavy atom. The molecule has 3 nitrogen and oxygen atoms in total. The molecule has 0 radical (unpaired) electrons. The molecule has 0 bridgehead atoms. The Morgan fingerprint density at radius 2 is 1.75 bits per heavy atom. The number of unbranched alkanes of at least 4 members (excludes halogenated alkanes) is 1. The van der Waals surface area contributed by atoms with Crippen LogP contribution >= 0.6 is 0 Å². The lowest BCUT2D eigenvalue weighted by Gasteiger charge is -2.36. The van der Waals surface area contributed by atoms with Gasteiger partial charge in [-0.25, -0.2) is 0 Å². The average molecular weight is 230 g/mol. The highest BCUT2D eigenvalue weighted by molar-refractivity contribution is 4.81. The lowest BCUT2D eigenvalue weighted by Crippen LogP contribution is -2.43. The zero-order chi connectivity index (χ0) is 12.4. The maximum Gasteiger partial charge on any atom is 0.0558 e. The quantitative estimate of drug-likeness (QED) is 0.602. The van der Waals surface area contributed by atoms with E-state index in [0.29, 0.717) is 0 Å². The first-order valence-electron chi connectivity index (χ1n) is 6.71. The first-order valence-corrected chi connectivity index (χ1v) is 6.71. The Morgan fingerprint density at radius 1 is 1.12 bits per heavy atom. The van der Waals surface area contributed by atoms with Crippen LogP contribution in [-0.4, -0.2) is 42.8 Å². The monoisotopic (exact) mass is 230 g/mol. The lowest BCUT2D eigenvalue weighted by atomic mass is 9.82. The van der Waals surface area contributed by atoms with Gasteiger partial charge in [-0.15, -0.1) is 0 Å². The second kappa shape index (κ2) is 8.97. The molecular weight excluding hydrogens is 200 g/mol. The van der Waals surface area contributed by atoms with Crippen LogP contribution in [0, 0.1) is 5.41 Å². The Labute approximate surface area is 101 Å². The SMILES string of the molecule is CCCCN(CCO)CC(CC)(CC)CN. The minimum absolute atomic E-state index is 0.239. The van der Waals surface area contributed by atoms with Gasteiger partial charge in [0.25, 0.3) is 0 Å². The number of nitrogens with zero attached hydrogens (tertiary/aromatic N) is 1. The summed E-state index contributed by atoms with van der Waals surface area (Å²) in [6, 6.07) is 0. The smallest absolute Gasteiger partial charge is 0.0558 e. The third kappa shape index (κ3) is 5.28. The van der Waals surface area contributed by atoms with E-state index in [0.717, 1.165) is 39.0 Å². The molecule has 0 unspecified atom stereocenters. The van der Waals surface area contributed by atoms with Crippen LogP contribution in [0.1, 0.15) is 46.5 Å². The maximum atomic E-state index is 9.08. The Hall–Kier alpha value is -0.120. The first kappa shape index (κ1) is 15.9. The van der Waals surface area contributed by atoms with Crippen molar-refractivity contribution in [1.29, 1.82) is 0 Å². The summed E-state index contributed by atoms with van der Waals surface area (Å²) < 4.78 is 0. The van der Waals surface area contributed by atoms with Gasteiger partial charge >= 0.3 is 0 Å². The molecule has 0 amide bonds. The summed E-state index contributed by atoms with van der Waals surface area (Å²) in [5.74, 6) is 0. The van der Waals surface area contributed by atoms with Crippen molar-refractivity contribution in [3.05, 3.63) is 0 Å². The predicted molar refractivity (Wildman–Crippen MR) is 70.5 cm³/mol. The van der Waals surface area contributed by atoms with E-state index in [9.17, 15) is 0 Å². The molecule has 3 N–H and O–H groups in total. The minimum atomic E-state index is 0.239. The van der Waals surface area contributed by atoms with Crippen molar-refractivity contribution in [2.24, 2.45) is 11.1 Å². The van der Waals surface area contributed by atoms with E-state index in [-0.39, 0.29) is 12.0 Å². The lowest BCUT2D eigenvalue weighted by molar-refractivity contribution is 0.119. The second-order valence-corrected chi connectivity index (χ2v) is 4.76. The van der Waals surface area contributed by atoms with E-state index < -0.39 is 0 Å². The molecule has 0 aromatic rings. The van der Waals surface area contributed by atoms with E-state index in [2.05, 4.69) is 25.7 Å². The molecule has 0 rings (SSSR count). The van der Waals surface area contributed by atoms with Crippen LogP contribution in [0.5, 0.6) is 0 Å². The molecule has 0 aliphatic heterocycles. The molecule has 0 fully saturated rings. The molecule has 0 aliphatic carbocycles. The largest absolute Gasteiger partial charge is 0.395 e. The molecule has 3 heteroatoms. The van der Waals surface area contributed by atoms with E-state index in [1.54, 1.807) is 0 Å². The fourth-order valence-electron chi connectivity index (χ4n) is 2.09. The van der Waals surface area contributed by atoms with Crippen molar-refractivity contribution in [2.75, 3.05) is 32.8 Å². The van der Waals surface area contributed by atoms with Crippen LogP contribution < -0.4 is 5.73 Å². The molecule has 0 heterocycles. The third-order valence-corrected chi connectivity index (χ3v) is 3.74. The van der Waals surface area contributed by atoms with Crippen molar-refractivity contribution in [2.45, 2.75) is 46.5 Å². The fourth-order valence-corrected chi connectivity index (χ4v) is 2.09. The Kier molecular flexibility index (Phi) is 8.90. The van der Waals surface area contributed by atoms with Gasteiger partial charge in [0.1, 0.15) is 0 Å². The van der Waals surface area contributed by atoms with Crippen LogP contribution in [0.3, 0.4) is 0 Å². The second-order valence-electron chi connectivity index (χ2n) is 4.76. The van der Waals surface area contributed by atoms with Crippen LogP contribution in [0.4, 0.5) is 0 Å². The van der Waals surface area contributed by atoms with Crippen molar-refractivity contribution in [3.63, 3.8) is 0 Å². The topological polar surface area (TPSA) is 49.5 Å². The highest BCUT2D eigenvalue weighted by atomic mass is 16.3. The summed E-state index contributed by atoms with van der Waals surface area (Å²) in [4.78, 5) is 2.36. The summed E-state index contributed by atoms with van der Waals surface area (Å²) >= 11 is 0. The van der Waals surface area contributed by atoms with Gasteiger partial charge in [-0.2, -0.15) is 0 Å². The van der Waals surface area contributed by atoms with Gasteiger partial charge in [-0.05, 0) is 37.8 Å². The number of nitrogens with two attached hydrogens (primary N) is 1. The van der Waals surface area contributed by atoms with Gasteiger partial charge in [-0.1, -0.05) is 27.2 Å². The van der Waals surface area contributed by atoms with Gasteiger partial charge in [0.2, 0.25) is 0 Å². The third-order valence-electron chi connectivity index (χ3n) is 3.74. The summed E-state index contributed by atoms with van der Waals surface area (Å²) in [6.45, 7) is 10.5. The van der Waals surface area contributed by atoms with Crippen molar-refractivity contribution in [3.8, 4) is 0 Å². The number of rotatable bonds is 10. The molecule has 98 valence electrons. The fraction of sp³-hybridized carbons (Fsp3) is 1.00. The summed E-state index contributed by atoms with van der Waals surface area (Å²) in [7, 11) is 0. The Bertz CT molecular complexity index is 150. The van der Waals surface area contributed by atoms with E-state index in [1.807, 2.05) is 0 Å². The van der Waals surface area contributed by atoms with Gasteiger partial charge in [-0.3, -0.25) is 0 Å². The molecule has 0 atom stereocenters. The number of aliphatic hydroxyl groups excluding tert-OH is 1. The van der Waals surface area contributed by atoms with Crippen molar-refractivity contribution >= 4 is 0 Å². The van der Waals surface area contributed by atoms with E-state index in [1.165, 1.54) is 12.8 Å². The molecule has 0 saturated carbocycles. The molecule has 0 aliphatic rings. The van der Waals surface area contributed by atoms with Crippen molar-refractivity contribution in [1.82, 2.24) is 4.90 Å². The standard InChI is InChI=1S/C13H30N2O/c1-4-7-8-15(9-10-16)12-13(5-2,6-3)11-14/h16H,4-12,14H2,1-3H3. The van der Waals surface area contributed by atoms with Gasteiger partial charge in [0.15, 0.2) is 0 Å². The maximum absolute atomic E-state index is 9.08. The molecule has 0 aromatic carbocycles. The highest BCUT2D eigenvalue weighted by Gasteiger charge is 2.26. The highest BCUT2D eigenvalue weighted by Crippen LogP contribution is 2.26. The van der Waals surface area contributed by atoms with Crippen LogP contribution in [-0.2, 0) is 0 Å². The van der Waals surface area contributed by atoms with Gasteiger partial charge in [0.05, 0.1) is 6.61 Å². The number of hydrogen-bond acceptors (Lipinski definition) is 3. The zero-order valence-electron chi connectivity index (χ0n) is 11.3. The van der Waals surface area contributed by atoms with Crippen LogP contribution in [0.25, 0.3) is 0 Å². The molecule has 16 heavy (non-hydrogen) atoms. The molecule has 0 saturated heterocycles. The number of hydrogen-bond donors (Lipinski definition) is 2. The van der Waals surface area contributed by atoms with Gasteiger partial charge < -0.3 is 15.7 Å². The van der Waals surface area contributed by atoms with Crippen LogP contribution in [0.15, 0.2) is 0 Å². The van der Waals surface area contributed by atoms with Crippen molar-refractivity contribution < 1.29 is 5.11 Å². The normalized spacial score (nSPS) is 12.4. The molecular formula is C13H30N2O. The summed E-state index contributed by atoms with van der Waals surface area (Å²) in [6.07, 6.45) is 4.64. The average Bonchev–Trinajstić information content (AvgIpc) is 2.33. The molecule has 0 aromatic heterocycles. The Balaban J connectivity index is 4.31. The van der Waals surface area contributed by atoms with Gasteiger partial charge in [0, 0.05) is 13.1 Å². The van der Waals surface area contributed by atoms with Crippen LogP contribution in [0.2, 0.25) is 0 Å². The summed E-state index contributed by atoms with van der Waals surface area (Å²) in [5, 5.41) is 9.08. The summed E-state index contributed by atoms with van der Waals surface area (Å²) in [5.41, 5.74) is 6.15. The van der Waals surface area contributed by atoms with E-state index in [4.69, 9.17) is 10.8 Å². The first-order chi connectivity index (χ1) is 7.67. The minimum Gasteiger partial charge on any atom is -0.395 e.